The molecule has 0 aliphatic carbocycles. The average molecular weight is 248 g/mol. The van der Waals surface area contributed by atoms with Gasteiger partial charge in [-0.05, 0) is 43.9 Å². The molecule has 1 aromatic rings. The summed E-state index contributed by atoms with van der Waals surface area (Å²) >= 11 is 0. The molecule has 2 nitrogen and oxygen atoms in total. The van der Waals surface area contributed by atoms with Crippen LogP contribution in [0.15, 0.2) is 30.3 Å². The van der Waals surface area contributed by atoms with Crippen molar-refractivity contribution in [3.63, 3.8) is 0 Å². The molecule has 0 fully saturated rings. The van der Waals surface area contributed by atoms with Crippen LogP contribution in [0.1, 0.15) is 39.5 Å². The van der Waals surface area contributed by atoms with E-state index in [4.69, 9.17) is 5.73 Å². The van der Waals surface area contributed by atoms with Crippen molar-refractivity contribution in [1.82, 2.24) is 0 Å². The van der Waals surface area contributed by atoms with Gasteiger partial charge < -0.3 is 10.6 Å². The molecule has 1 aromatic carbocycles. The maximum atomic E-state index is 5.67. The highest BCUT2D eigenvalue weighted by Gasteiger charge is 2.06. The minimum atomic E-state index is 0.647. The first-order valence-corrected chi connectivity index (χ1v) is 7.28. The van der Waals surface area contributed by atoms with E-state index in [9.17, 15) is 0 Å². The number of nitrogens with zero attached hydrogens (tertiary/aromatic N) is 1. The number of rotatable bonds is 9. The second-order valence-corrected chi connectivity index (χ2v) is 5.16. The predicted octanol–water partition coefficient (Wildman–Crippen LogP) is 3.67. The topological polar surface area (TPSA) is 29.3 Å². The summed E-state index contributed by atoms with van der Waals surface area (Å²) in [5, 5.41) is 0. The Balaban J connectivity index is 2.46. The van der Waals surface area contributed by atoms with Crippen molar-refractivity contribution in [3.05, 3.63) is 30.3 Å². The minimum absolute atomic E-state index is 0.647. The largest absolute Gasteiger partial charge is 0.372 e. The van der Waals surface area contributed by atoms with E-state index < -0.39 is 0 Å². The molecule has 1 atom stereocenters. The van der Waals surface area contributed by atoms with Crippen molar-refractivity contribution in [2.45, 2.75) is 39.5 Å². The molecule has 0 spiro atoms. The quantitative estimate of drug-likeness (QED) is 0.722. The highest BCUT2D eigenvalue weighted by atomic mass is 15.1. The van der Waals surface area contributed by atoms with E-state index in [1.54, 1.807) is 0 Å². The molecule has 1 rings (SSSR count). The Bertz CT molecular complexity index is 297. The number of anilines is 1. The van der Waals surface area contributed by atoms with Crippen molar-refractivity contribution in [2.75, 3.05) is 24.5 Å². The van der Waals surface area contributed by atoms with Crippen molar-refractivity contribution in [1.29, 1.82) is 0 Å². The summed E-state index contributed by atoms with van der Waals surface area (Å²) in [6.45, 7) is 7.60. The molecule has 0 saturated carbocycles. The number of hydrogen-bond donors (Lipinski definition) is 1. The van der Waals surface area contributed by atoms with Crippen LogP contribution >= 0.6 is 0 Å². The molecule has 2 N–H and O–H groups in total. The van der Waals surface area contributed by atoms with Crippen LogP contribution in [0.4, 0.5) is 5.69 Å². The standard InChI is InChI=1S/C16H28N2/c1-3-4-12-18(13-8-9-15(2)14-17)16-10-6-5-7-11-16/h5-7,10-11,15H,3-4,8-9,12-14,17H2,1-2H3. The Hall–Kier alpha value is -1.02. The molecule has 18 heavy (non-hydrogen) atoms. The molecular weight excluding hydrogens is 220 g/mol. The summed E-state index contributed by atoms with van der Waals surface area (Å²) in [6, 6.07) is 10.7. The lowest BCUT2D eigenvalue weighted by Gasteiger charge is -2.25. The SMILES string of the molecule is CCCCN(CCCC(C)CN)c1ccccc1. The van der Waals surface area contributed by atoms with Gasteiger partial charge >= 0.3 is 0 Å². The molecule has 0 radical (unpaired) electrons. The molecule has 0 aliphatic rings. The third-order valence-corrected chi connectivity index (χ3v) is 3.43. The zero-order valence-corrected chi connectivity index (χ0v) is 11.9. The van der Waals surface area contributed by atoms with Crippen LogP contribution in [0.2, 0.25) is 0 Å². The Morgan fingerprint density at radius 3 is 2.39 bits per heavy atom. The Kier molecular flexibility index (Phi) is 7.51. The van der Waals surface area contributed by atoms with Crippen molar-refractivity contribution < 1.29 is 0 Å². The fourth-order valence-electron chi connectivity index (χ4n) is 2.11. The van der Waals surface area contributed by atoms with Gasteiger partial charge in [-0.15, -0.1) is 0 Å². The van der Waals surface area contributed by atoms with Gasteiger partial charge in [0.2, 0.25) is 0 Å². The van der Waals surface area contributed by atoms with Gasteiger partial charge in [0.15, 0.2) is 0 Å². The molecule has 0 aromatic heterocycles. The van der Waals surface area contributed by atoms with E-state index in [0.29, 0.717) is 5.92 Å². The molecule has 1 unspecified atom stereocenters. The summed E-state index contributed by atoms with van der Waals surface area (Å²) < 4.78 is 0. The lowest BCUT2D eigenvalue weighted by Crippen LogP contribution is -2.26. The normalized spacial score (nSPS) is 12.4. The molecule has 0 aliphatic heterocycles. The van der Waals surface area contributed by atoms with Crippen LogP contribution in [0.3, 0.4) is 0 Å². The van der Waals surface area contributed by atoms with E-state index in [1.807, 2.05) is 0 Å². The molecule has 102 valence electrons. The number of benzene rings is 1. The van der Waals surface area contributed by atoms with E-state index in [0.717, 1.165) is 19.6 Å². The van der Waals surface area contributed by atoms with Crippen LogP contribution in [0.25, 0.3) is 0 Å². The Morgan fingerprint density at radius 2 is 1.78 bits per heavy atom. The van der Waals surface area contributed by atoms with Crippen LogP contribution in [-0.4, -0.2) is 19.6 Å². The molecule has 0 amide bonds. The van der Waals surface area contributed by atoms with E-state index in [2.05, 4.69) is 49.1 Å². The monoisotopic (exact) mass is 248 g/mol. The van der Waals surface area contributed by atoms with E-state index >= 15 is 0 Å². The van der Waals surface area contributed by atoms with Gasteiger partial charge in [0.05, 0.1) is 0 Å². The van der Waals surface area contributed by atoms with E-state index in [-0.39, 0.29) is 0 Å². The van der Waals surface area contributed by atoms with Gasteiger partial charge in [-0.25, -0.2) is 0 Å². The lowest BCUT2D eigenvalue weighted by molar-refractivity contribution is 0.515. The van der Waals surface area contributed by atoms with Crippen molar-refractivity contribution in [3.8, 4) is 0 Å². The van der Waals surface area contributed by atoms with Gasteiger partial charge in [0.25, 0.3) is 0 Å². The molecule has 0 bridgehead atoms. The van der Waals surface area contributed by atoms with Gasteiger partial charge in [-0.3, -0.25) is 0 Å². The molecular formula is C16H28N2. The highest BCUT2D eigenvalue weighted by molar-refractivity contribution is 5.45. The second-order valence-electron chi connectivity index (χ2n) is 5.16. The molecule has 0 heterocycles. The fraction of sp³-hybridized carbons (Fsp3) is 0.625. The third kappa shape index (κ3) is 5.54. The number of para-hydroxylation sites is 1. The smallest absolute Gasteiger partial charge is 0.0366 e. The van der Waals surface area contributed by atoms with Gasteiger partial charge in [-0.1, -0.05) is 38.5 Å². The zero-order valence-electron chi connectivity index (χ0n) is 11.9. The Morgan fingerprint density at radius 1 is 1.11 bits per heavy atom. The van der Waals surface area contributed by atoms with Gasteiger partial charge in [0, 0.05) is 18.8 Å². The first kappa shape index (κ1) is 15.0. The fourth-order valence-corrected chi connectivity index (χ4v) is 2.11. The van der Waals surface area contributed by atoms with E-state index in [1.165, 1.54) is 31.4 Å². The second kappa shape index (κ2) is 8.98. The predicted molar refractivity (Wildman–Crippen MR) is 81.0 cm³/mol. The van der Waals surface area contributed by atoms with Gasteiger partial charge in [0.1, 0.15) is 0 Å². The summed E-state index contributed by atoms with van der Waals surface area (Å²) in [7, 11) is 0. The lowest BCUT2D eigenvalue weighted by atomic mass is 10.1. The summed E-state index contributed by atoms with van der Waals surface area (Å²) in [5.41, 5.74) is 7.02. The summed E-state index contributed by atoms with van der Waals surface area (Å²) in [4.78, 5) is 2.51. The Labute approximate surface area is 112 Å². The van der Waals surface area contributed by atoms with Crippen LogP contribution in [0, 0.1) is 5.92 Å². The number of unbranched alkanes of at least 4 members (excludes halogenated alkanes) is 1. The minimum Gasteiger partial charge on any atom is -0.372 e. The highest BCUT2D eigenvalue weighted by Crippen LogP contribution is 2.16. The van der Waals surface area contributed by atoms with Crippen LogP contribution in [0.5, 0.6) is 0 Å². The average Bonchev–Trinajstić information content (AvgIpc) is 2.43. The number of hydrogen-bond acceptors (Lipinski definition) is 2. The van der Waals surface area contributed by atoms with Crippen molar-refractivity contribution >= 4 is 5.69 Å². The first-order valence-electron chi connectivity index (χ1n) is 7.28. The maximum absolute atomic E-state index is 5.67. The number of nitrogens with two attached hydrogens (primary N) is 1. The third-order valence-electron chi connectivity index (χ3n) is 3.43. The zero-order chi connectivity index (χ0) is 13.2. The molecule has 0 saturated heterocycles. The molecule has 2 heteroatoms. The summed E-state index contributed by atoms with van der Waals surface area (Å²) in [6.07, 6.45) is 4.98. The maximum Gasteiger partial charge on any atom is 0.0366 e. The van der Waals surface area contributed by atoms with Gasteiger partial charge in [-0.2, -0.15) is 0 Å². The first-order chi connectivity index (χ1) is 8.77. The van der Waals surface area contributed by atoms with Crippen LogP contribution in [-0.2, 0) is 0 Å². The van der Waals surface area contributed by atoms with Crippen LogP contribution < -0.4 is 10.6 Å². The summed E-state index contributed by atoms with van der Waals surface area (Å²) in [5.74, 6) is 0.647. The van der Waals surface area contributed by atoms with Crippen molar-refractivity contribution in [2.24, 2.45) is 11.7 Å².